The van der Waals surface area contributed by atoms with Gasteiger partial charge in [0.1, 0.15) is 5.75 Å². The first kappa shape index (κ1) is 15.1. The van der Waals surface area contributed by atoms with Crippen molar-refractivity contribution in [2.24, 2.45) is 5.92 Å². The van der Waals surface area contributed by atoms with Crippen LogP contribution in [0.15, 0.2) is 18.2 Å². The van der Waals surface area contributed by atoms with Crippen LogP contribution in [-0.4, -0.2) is 49.4 Å². The van der Waals surface area contributed by atoms with Crippen molar-refractivity contribution >= 4 is 11.6 Å². The third kappa shape index (κ3) is 3.34. The molecule has 2 aliphatic rings. The highest BCUT2D eigenvalue weighted by Crippen LogP contribution is 2.41. The molecule has 0 spiro atoms. The van der Waals surface area contributed by atoms with Crippen LogP contribution in [0.1, 0.15) is 24.4 Å². The summed E-state index contributed by atoms with van der Waals surface area (Å²) in [6.45, 7) is 5.65. The third-order valence-corrected chi connectivity index (χ3v) is 4.90. The normalized spacial score (nSPS) is 23.1. The third-order valence-electron chi connectivity index (χ3n) is 4.59. The van der Waals surface area contributed by atoms with Gasteiger partial charge in [-0.2, -0.15) is 0 Å². The predicted octanol–water partition coefficient (Wildman–Crippen LogP) is 2.42. The zero-order chi connectivity index (χ0) is 14.7. The molecular formula is C16H23ClN2O2. The second-order valence-electron chi connectivity index (χ2n) is 5.86. The van der Waals surface area contributed by atoms with E-state index in [9.17, 15) is 5.11 Å². The summed E-state index contributed by atoms with van der Waals surface area (Å²) in [5.74, 6) is 0.760. The number of para-hydroxylation sites is 1. The van der Waals surface area contributed by atoms with E-state index in [1.54, 1.807) is 6.07 Å². The fourth-order valence-electron chi connectivity index (χ4n) is 3.51. The topological polar surface area (TPSA) is 44.7 Å². The lowest BCUT2D eigenvalue weighted by Crippen LogP contribution is -2.47. The van der Waals surface area contributed by atoms with E-state index in [2.05, 4.69) is 10.2 Å². The van der Waals surface area contributed by atoms with Gasteiger partial charge in [0.25, 0.3) is 0 Å². The van der Waals surface area contributed by atoms with E-state index in [1.807, 2.05) is 12.1 Å². The van der Waals surface area contributed by atoms with Crippen LogP contribution in [0.3, 0.4) is 0 Å². The van der Waals surface area contributed by atoms with E-state index in [1.165, 1.54) is 0 Å². The van der Waals surface area contributed by atoms with Crippen LogP contribution in [0.2, 0.25) is 5.02 Å². The first-order valence-electron chi connectivity index (χ1n) is 7.77. The molecule has 0 aromatic heterocycles. The number of nitrogens with one attached hydrogen (secondary N) is 1. The molecule has 4 nitrogen and oxygen atoms in total. The maximum absolute atomic E-state index is 10.4. The van der Waals surface area contributed by atoms with E-state index in [0.717, 1.165) is 57.8 Å². The maximum Gasteiger partial charge on any atom is 0.138 e. The first-order valence-corrected chi connectivity index (χ1v) is 8.15. The molecule has 3 rings (SSSR count). The van der Waals surface area contributed by atoms with Gasteiger partial charge in [0.05, 0.1) is 5.02 Å². The molecule has 5 heteroatoms. The van der Waals surface area contributed by atoms with E-state index >= 15 is 0 Å². The fraction of sp³-hybridized carbons (Fsp3) is 0.625. The lowest BCUT2D eigenvalue weighted by molar-refractivity contribution is 0.0206. The molecule has 1 aromatic carbocycles. The molecular weight excluding hydrogens is 288 g/mol. The first-order chi connectivity index (χ1) is 10.3. The number of benzene rings is 1. The number of aromatic hydroxyl groups is 1. The van der Waals surface area contributed by atoms with Gasteiger partial charge in [0.15, 0.2) is 0 Å². The second kappa shape index (κ2) is 6.97. The van der Waals surface area contributed by atoms with Crippen LogP contribution in [0, 0.1) is 5.92 Å². The molecule has 1 aromatic rings. The van der Waals surface area contributed by atoms with Gasteiger partial charge in [-0.1, -0.05) is 23.7 Å². The number of ether oxygens (including phenoxy) is 1. The summed E-state index contributed by atoms with van der Waals surface area (Å²) in [6, 6.07) is 5.93. The van der Waals surface area contributed by atoms with Gasteiger partial charge < -0.3 is 15.2 Å². The van der Waals surface area contributed by atoms with Crippen LogP contribution in [0.25, 0.3) is 0 Å². The molecule has 2 saturated heterocycles. The van der Waals surface area contributed by atoms with Gasteiger partial charge in [-0.3, -0.25) is 4.90 Å². The van der Waals surface area contributed by atoms with Crippen LogP contribution in [-0.2, 0) is 4.74 Å². The van der Waals surface area contributed by atoms with Crippen molar-refractivity contribution in [2.45, 2.75) is 18.9 Å². The molecule has 1 atom stereocenters. The van der Waals surface area contributed by atoms with Crippen molar-refractivity contribution in [2.75, 3.05) is 39.4 Å². The molecule has 0 amide bonds. The molecule has 0 radical (unpaired) electrons. The lowest BCUT2D eigenvalue weighted by Gasteiger charge is -2.41. The molecule has 2 fully saturated rings. The standard InChI is InChI=1S/C16H23ClN2O2/c17-14-3-1-2-13(16(14)20)15(12-4-10-21-11-5-12)19-8-6-18-7-9-19/h1-3,12,15,18,20H,4-11H2/t15-/m0/s1. The molecule has 2 N–H and O–H groups in total. The Morgan fingerprint density at radius 1 is 1.24 bits per heavy atom. The Balaban J connectivity index is 1.91. The Morgan fingerprint density at radius 2 is 1.95 bits per heavy atom. The summed E-state index contributed by atoms with van der Waals surface area (Å²) in [5, 5.41) is 14.3. The fourth-order valence-corrected chi connectivity index (χ4v) is 3.69. The van der Waals surface area contributed by atoms with Crippen molar-refractivity contribution in [3.63, 3.8) is 0 Å². The van der Waals surface area contributed by atoms with Gasteiger partial charge in [0, 0.05) is 51.0 Å². The van der Waals surface area contributed by atoms with Crippen LogP contribution in [0.4, 0.5) is 0 Å². The quantitative estimate of drug-likeness (QED) is 0.900. The minimum Gasteiger partial charge on any atom is -0.506 e. The predicted molar refractivity (Wildman–Crippen MR) is 83.8 cm³/mol. The van der Waals surface area contributed by atoms with Crippen LogP contribution in [0.5, 0.6) is 5.75 Å². The summed E-state index contributed by atoms with van der Waals surface area (Å²) in [6.07, 6.45) is 2.08. The number of phenolic OH excluding ortho intramolecular Hbond substituents is 1. The summed E-state index contributed by atoms with van der Waals surface area (Å²) in [7, 11) is 0. The number of nitrogens with zero attached hydrogens (tertiary/aromatic N) is 1. The van der Waals surface area contributed by atoms with E-state index in [4.69, 9.17) is 16.3 Å². The van der Waals surface area contributed by atoms with Gasteiger partial charge in [0.2, 0.25) is 0 Å². The minimum absolute atomic E-state index is 0.231. The van der Waals surface area contributed by atoms with Crippen LogP contribution >= 0.6 is 11.6 Å². The molecule has 0 aliphatic carbocycles. The van der Waals surface area contributed by atoms with Gasteiger partial charge in [-0.25, -0.2) is 0 Å². The summed E-state index contributed by atoms with van der Waals surface area (Å²) in [5.41, 5.74) is 0.969. The summed E-state index contributed by atoms with van der Waals surface area (Å²) >= 11 is 6.13. The van der Waals surface area contributed by atoms with Crippen molar-refractivity contribution in [3.8, 4) is 5.75 Å². The SMILES string of the molecule is Oc1c(Cl)cccc1[C@H](C1CCOCC1)N1CCNCC1. The average molecular weight is 311 g/mol. The van der Waals surface area contributed by atoms with E-state index in [-0.39, 0.29) is 11.8 Å². The van der Waals surface area contributed by atoms with Crippen molar-refractivity contribution in [1.82, 2.24) is 10.2 Å². The Kier molecular flexibility index (Phi) is 5.01. The summed E-state index contributed by atoms with van der Waals surface area (Å²) in [4.78, 5) is 2.48. The largest absolute Gasteiger partial charge is 0.506 e. The highest BCUT2D eigenvalue weighted by Gasteiger charge is 2.33. The molecule has 0 unspecified atom stereocenters. The van der Waals surface area contributed by atoms with Crippen molar-refractivity contribution in [1.29, 1.82) is 0 Å². The Morgan fingerprint density at radius 3 is 2.67 bits per heavy atom. The Bertz CT molecular complexity index is 453. The van der Waals surface area contributed by atoms with Gasteiger partial charge in [-0.05, 0) is 24.8 Å². The molecule has 2 aliphatic heterocycles. The number of hydrogen-bond acceptors (Lipinski definition) is 4. The highest BCUT2D eigenvalue weighted by atomic mass is 35.5. The Hall–Kier alpha value is -0.810. The summed E-state index contributed by atoms with van der Waals surface area (Å²) < 4.78 is 5.51. The van der Waals surface area contributed by atoms with Crippen LogP contribution < -0.4 is 5.32 Å². The molecule has 2 heterocycles. The zero-order valence-electron chi connectivity index (χ0n) is 12.2. The minimum atomic E-state index is 0.231. The monoisotopic (exact) mass is 310 g/mol. The van der Waals surface area contributed by atoms with E-state index < -0.39 is 0 Å². The number of phenols is 1. The van der Waals surface area contributed by atoms with Gasteiger partial charge >= 0.3 is 0 Å². The smallest absolute Gasteiger partial charge is 0.138 e. The lowest BCUT2D eigenvalue weighted by atomic mass is 9.85. The van der Waals surface area contributed by atoms with Crippen molar-refractivity contribution < 1.29 is 9.84 Å². The number of piperazine rings is 1. The molecule has 0 bridgehead atoms. The maximum atomic E-state index is 10.4. The zero-order valence-corrected chi connectivity index (χ0v) is 13.0. The number of rotatable bonds is 3. The number of halogens is 1. The van der Waals surface area contributed by atoms with Gasteiger partial charge in [-0.15, -0.1) is 0 Å². The molecule has 21 heavy (non-hydrogen) atoms. The van der Waals surface area contributed by atoms with E-state index in [0.29, 0.717) is 10.9 Å². The highest BCUT2D eigenvalue weighted by molar-refractivity contribution is 6.32. The van der Waals surface area contributed by atoms with Crippen molar-refractivity contribution in [3.05, 3.63) is 28.8 Å². The Labute approximate surface area is 131 Å². The number of hydrogen-bond donors (Lipinski definition) is 2. The molecule has 116 valence electrons. The second-order valence-corrected chi connectivity index (χ2v) is 6.27. The molecule has 0 saturated carbocycles. The average Bonchev–Trinajstić information content (AvgIpc) is 2.54.